The van der Waals surface area contributed by atoms with Crippen LogP contribution in [0.2, 0.25) is 0 Å². The van der Waals surface area contributed by atoms with Crippen molar-refractivity contribution in [2.45, 2.75) is 25.7 Å². The van der Waals surface area contributed by atoms with Gasteiger partial charge in [-0.25, -0.2) is 4.39 Å². The highest BCUT2D eigenvalue weighted by molar-refractivity contribution is 5.79. The zero-order valence-corrected chi connectivity index (χ0v) is 15.3. The van der Waals surface area contributed by atoms with Crippen LogP contribution >= 0.6 is 0 Å². The van der Waals surface area contributed by atoms with E-state index in [4.69, 9.17) is 9.47 Å². The molecule has 0 amide bonds. The molecular formula is C19H30FN3O2. The summed E-state index contributed by atoms with van der Waals surface area (Å²) in [5.41, 5.74) is 0. The van der Waals surface area contributed by atoms with Crippen molar-refractivity contribution < 1.29 is 13.9 Å². The molecule has 0 saturated carbocycles. The van der Waals surface area contributed by atoms with Crippen LogP contribution in [-0.4, -0.2) is 57.9 Å². The van der Waals surface area contributed by atoms with Crippen molar-refractivity contribution in [3.63, 3.8) is 0 Å². The van der Waals surface area contributed by atoms with Crippen molar-refractivity contribution in [3.8, 4) is 5.75 Å². The molecule has 2 rings (SSSR count). The molecule has 1 fully saturated rings. The first-order chi connectivity index (χ1) is 12.2. The molecule has 5 nitrogen and oxygen atoms in total. The van der Waals surface area contributed by atoms with Gasteiger partial charge in [0.2, 0.25) is 0 Å². The van der Waals surface area contributed by atoms with Crippen molar-refractivity contribution in [2.24, 2.45) is 10.9 Å². The molecule has 0 unspecified atom stereocenters. The van der Waals surface area contributed by atoms with Gasteiger partial charge in [0.25, 0.3) is 0 Å². The Labute approximate surface area is 150 Å². The highest BCUT2D eigenvalue weighted by atomic mass is 19.1. The van der Waals surface area contributed by atoms with E-state index in [-0.39, 0.29) is 5.82 Å². The molecule has 1 aromatic carbocycles. The Kier molecular flexibility index (Phi) is 8.52. The van der Waals surface area contributed by atoms with Crippen LogP contribution in [0.3, 0.4) is 0 Å². The number of halogens is 1. The fourth-order valence-electron chi connectivity index (χ4n) is 2.90. The fraction of sp³-hybridized carbons (Fsp3) is 0.632. The summed E-state index contributed by atoms with van der Waals surface area (Å²) in [6, 6.07) is 6.10. The number of ether oxygens (including phenoxy) is 2. The quantitative estimate of drug-likeness (QED) is 0.444. The van der Waals surface area contributed by atoms with Crippen LogP contribution < -0.4 is 10.1 Å². The van der Waals surface area contributed by atoms with E-state index in [9.17, 15) is 4.39 Å². The SMILES string of the molecule is CN=C(NCCCOc1ccc(F)cc1)N(C)CCC1CCOCC1. The third-order valence-electron chi connectivity index (χ3n) is 4.47. The van der Waals surface area contributed by atoms with Crippen LogP contribution in [0.1, 0.15) is 25.7 Å². The molecule has 1 aromatic rings. The Morgan fingerprint density at radius 3 is 2.72 bits per heavy atom. The molecule has 0 aliphatic carbocycles. The number of rotatable bonds is 8. The number of hydrogen-bond donors (Lipinski definition) is 1. The van der Waals surface area contributed by atoms with Gasteiger partial charge in [0.05, 0.1) is 6.61 Å². The summed E-state index contributed by atoms with van der Waals surface area (Å²) < 4.78 is 23.8. The molecule has 0 spiro atoms. The van der Waals surface area contributed by atoms with Gasteiger partial charge >= 0.3 is 0 Å². The molecule has 0 aromatic heterocycles. The highest BCUT2D eigenvalue weighted by Crippen LogP contribution is 2.18. The van der Waals surface area contributed by atoms with E-state index in [2.05, 4.69) is 22.3 Å². The van der Waals surface area contributed by atoms with E-state index in [1.807, 2.05) is 7.05 Å². The van der Waals surface area contributed by atoms with E-state index in [0.717, 1.165) is 44.6 Å². The zero-order chi connectivity index (χ0) is 17.9. The zero-order valence-electron chi connectivity index (χ0n) is 15.3. The lowest BCUT2D eigenvalue weighted by Crippen LogP contribution is -2.40. The number of aliphatic imine (C=N–C) groups is 1. The molecule has 0 atom stereocenters. The number of benzene rings is 1. The molecule has 1 heterocycles. The maximum Gasteiger partial charge on any atom is 0.193 e. The van der Waals surface area contributed by atoms with Crippen molar-refractivity contribution in [1.82, 2.24) is 10.2 Å². The second kappa shape index (κ2) is 10.9. The smallest absolute Gasteiger partial charge is 0.193 e. The van der Waals surface area contributed by atoms with Gasteiger partial charge in [-0.15, -0.1) is 0 Å². The van der Waals surface area contributed by atoms with Crippen LogP contribution in [0.5, 0.6) is 5.75 Å². The van der Waals surface area contributed by atoms with Gasteiger partial charge in [-0.1, -0.05) is 0 Å². The molecule has 140 valence electrons. The second-order valence-corrected chi connectivity index (χ2v) is 6.40. The third-order valence-corrected chi connectivity index (χ3v) is 4.47. The Hall–Kier alpha value is -1.82. The second-order valence-electron chi connectivity index (χ2n) is 6.40. The fourth-order valence-corrected chi connectivity index (χ4v) is 2.90. The van der Waals surface area contributed by atoms with E-state index in [0.29, 0.717) is 12.4 Å². The van der Waals surface area contributed by atoms with Crippen molar-refractivity contribution in [3.05, 3.63) is 30.1 Å². The van der Waals surface area contributed by atoms with Gasteiger partial charge in [0, 0.05) is 40.4 Å². The molecule has 6 heteroatoms. The Morgan fingerprint density at radius 2 is 2.04 bits per heavy atom. The van der Waals surface area contributed by atoms with E-state index >= 15 is 0 Å². The number of hydrogen-bond acceptors (Lipinski definition) is 3. The predicted octanol–water partition coefficient (Wildman–Crippen LogP) is 2.92. The van der Waals surface area contributed by atoms with Gasteiger partial charge in [-0.05, 0) is 55.9 Å². The van der Waals surface area contributed by atoms with Crippen molar-refractivity contribution in [2.75, 3.05) is 47.0 Å². The summed E-state index contributed by atoms with van der Waals surface area (Å²) >= 11 is 0. The monoisotopic (exact) mass is 351 g/mol. The topological polar surface area (TPSA) is 46.1 Å². The molecule has 1 saturated heterocycles. The van der Waals surface area contributed by atoms with Gasteiger partial charge < -0.3 is 19.7 Å². The molecule has 25 heavy (non-hydrogen) atoms. The maximum absolute atomic E-state index is 12.8. The van der Waals surface area contributed by atoms with E-state index in [1.54, 1.807) is 12.1 Å². The summed E-state index contributed by atoms with van der Waals surface area (Å²) in [5, 5.41) is 3.36. The average Bonchev–Trinajstić information content (AvgIpc) is 2.65. The minimum atomic E-state index is -0.249. The lowest BCUT2D eigenvalue weighted by Gasteiger charge is -2.26. The molecule has 1 aliphatic rings. The first-order valence-corrected chi connectivity index (χ1v) is 9.07. The lowest BCUT2D eigenvalue weighted by atomic mass is 9.96. The standard InChI is InChI=1S/C19H30FN3O2/c1-21-19(23(2)12-8-16-9-14-24-15-10-16)22-11-3-13-25-18-6-4-17(20)5-7-18/h4-7,16H,3,8-15H2,1-2H3,(H,21,22). The van der Waals surface area contributed by atoms with Gasteiger partial charge in [0.15, 0.2) is 5.96 Å². The summed E-state index contributed by atoms with van der Waals surface area (Å²) in [6.07, 6.45) is 4.36. The van der Waals surface area contributed by atoms with Crippen LogP contribution in [0.25, 0.3) is 0 Å². The summed E-state index contributed by atoms with van der Waals surface area (Å²) in [6.45, 7) is 4.16. The number of guanidine groups is 1. The van der Waals surface area contributed by atoms with Crippen LogP contribution in [0.15, 0.2) is 29.3 Å². The number of nitrogens with one attached hydrogen (secondary N) is 1. The molecule has 0 bridgehead atoms. The van der Waals surface area contributed by atoms with Crippen LogP contribution in [0.4, 0.5) is 4.39 Å². The van der Waals surface area contributed by atoms with Crippen molar-refractivity contribution >= 4 is 5.96 Å². The molecule has 1 aliphatic heterocycles. The minimum Gasteiger partial charge on any atom is -0.494 e. The first-order valence-electron chi connectivity index (χ1n) is 9.07. The molecule has 1 N–H and O–H groups in total. The van der Waals surface area contributed by atoms with Gasteiger partial charge in [-0.3, -0.25) is 4.99 Å². The summed E-state index contributed by atoms with van der Waals surface area (Å²) in [5.74, 6) is 2.12. The lowest BCUT2D eigenvalue weighted by molar-refractivity contribution is 0.0625. The Morgan fingerprint density at radius 1 is 1.32 bits per heavy atom. The van der Waals surface area contributed by atoms with Crippen molar-refractivity contribution in [1.29, 1.82) is 0 Å². The molecular weight excluding hydrogens is 321 g/mol. The summed E-state index contributed by atoms with van der Waals surface area (Å²) in [7, 11) is 3.88. The van der Waals surface area contributed by atoms with Gasteiger partial charge in [-0.2, -0.15) is 0 Å². The van der Waals surface area contributed by atoms with E-state index < -0.39 is 0 Å². The summed E-state index contributed by atoms with van der Waals surface area (Å²) in [4.78, 5) is 6.52. The Bertz CT molecular complexity index is 516. The highest BCUT2D eigenvalue weighted by Gasteiger charge is 2.15. The minimum absolute atomic E-state index is 0.249. The first kappa shape index (κ1) is 19.5. The van der Waals surface area contributed by atoms with E-state index in [1.165, 1.54) is 31.4 Å². The predicted molar refractivity (Wildman–Crippen MR) is 98.7 cm³/mol. The third kappa shape index (κ3) is 7.30. The molecule has 0 radical (unpaired) electrons. The maximum atomic E-state index is 12.8. The normalized spacial score (nSPS) is 15.9. The average molecular weight is 351 g/mol. The largest absolute Gasteiger partial charge is 0.494 e. The van der Waals surface area contributed by atoms with Gasteiger partial charge in [0.1, 0.15) is 11.6 Å². The number of nitrogens with zero attached hydrogens (tertiary/aromatic N) is 2. The van der Waals surface area contributed by atoms with Crippen LogP contribution in [0, 0.1) is 11.7 Å². The van der Waals surface area contributed by atoms with Crippen LogP contribution in [-0.2, 0) is 4.74 Å². The Balaban J connectivity index is 1.59.